The molecule has 1 aromatic rings. The summed E-state index contributed by atoms with van der Waals surface area (Å²) >= 11 is 0. The number of benzene rings is 1. The Balaban J connectivity index is 1.89. The van der Waals surface area contributed by atoms with Crippen LogP contribution >= 0.6 is 0 Å². The van der Waals surface area contributed by atoms with Crippen LogP contribution in [0, 0.1) is 17.2 Å². The van der Waals surface area contributed by atoms with Crippen LogP contribution in [0.3, 0.4) is 0 Å². The minimum Gasteiger partial charge on any atom is -0.376 e. The third-order valence-corrected chi connectivity index (χ3v) is 4.49. The molecular weight excluding hydrogens is 304 g/mol. The van der Waals surface area contributed by atoms with Gasteiger partial charge in [0.25, 0.3) is 0 Å². The summed E-state index contributed by atoms with van der Waals surface area (Å²) in [5, 5.41) is 15.0. The summed E-state index contributed by atoms with van der Waals surface area (Å²) < 4.78 is 0. The monoisotopic (exact) mass is 328 g/mol. The zero-order valence-corrected chi connectivity index (χ0v) is 14.4. The zero-order chi connectivity index (χ0) is 17.7. The van der Waals surface area contributed by atoms with Crippen LogP contribution < -0.4 is 15.5 Å². The van der Waals surface area contributed by atoms with E-state index in [-0.39, 0.29) is 24.3 Å². The number of nitriles is 1. The first-order valence-electron chi connectivity index (χ1n) is 8.22. The van der Waals surface area contributed by atoms with Gasteiger partial charge in [-0.3, -0.25) is 9.59 Å². The van der Waals surface area contributed by atoms with Crippen LogP contribution in [0.15, 0.2) is 24.3 Å². The van der Waals surface area contributed by atoms with Crippen molar-refractivity contribution in [3.05, 3.63) is 24.3 Å². The third kappa shape index (κ3) is 4.05. The normalized spacial score (nSPS) is 16.6. The van der Waals surface area contributed by atoms with Crippen LogP contribution in [-0.4, -0.2) is 30.4 Å². The average Bonchev–Trinajstić information content (AvgIpc) is 2.99. The van der Waals surface area contributed by atoms with Crippen LogP contribution in [0.1, 0.15) is 33.6 Å². The molecular formula is C18H24N4O2. The first-order valence-corrected chi connectivity index (χ1v) is 8.22. The van der Waals surface area contributed by atoms with Crippen molar-refractivity contribution in [3.8, 4) is 6.07 Å². The highest BCUT2D eigenvalue weighted by atomic mass is 16.2. The quantitative estimate of drug-likeness (QED) is 0.839. The molecule has 1 saturated heterocycles. The number of anilines is 2. The SMILES string of the molecule is CC(C)C(C)(C#N)NC(=O)CNc1ccc(N2CCCC2=O)cc1. The Kier molecular flexibility index (Phi) is 5.45. The minimum absolute atomic E-state index is 0.0173. The molecule has 6 nitrogen and oxygen atoms in total. The number of rotatable bonds is 6. The fraction of sp³-hybridized carbons (Fsp3) is 0.500. The maximum absolute atomic E-state index is 12.0. The fourth-order valence-corrected chi connectivity index (χ4v) is 2.50. The second-order valence-corrected chi connectivity index (χ2v) is 6.57. The number of amides is 2. The maximum atomic E-state index is 12.0. The average molecular weight is 328 g/mol. The Bertz CT molecular complexity index is 648. The van der Waals surface area contributed by atoms with Crippen molar-refractivity contribution >= 4 is 23.2 Å². The molecule has 1 fully saturated rings. The topological polar surface area (TPSA) is 85.2 Å². The van der Waals surface area contributed by atoms with E-state index in [9.17, 15) is 14.9 Å². The van der Waals surface area contributed by atoms with Gasteiger partial charge in [0.1, 0.15) is 5.54 Å². The van der Waals surface area contributed by atoms with Crippen molar-refractivity contribution in [2.24, 2.45) is 5.92 Å². The Labute approximate surface area is 142 Å². The molecule has 128 valence electrons. The van der Waals surface area contributed by atoms with Gasteiger partial charge in [-0.05, 0) is 43.5 Å². The summed E-state index contributed by atoms with van der Waals surface area (Å²) in [6.07, 6.45) is 1.50. The van der Waals surface area contributed by atoms with Crippen LogP contribution in [0.4, 0.5) is 11.4 Å². The molecule has 2 N–H and O–H groups in total. The highest BCUT2D eigenvalue weighted by Gasteiger charge is 2.29. The lowest BCUT2D eigenvalue weighted by atomic mass is 9.90. The van der Waals surface area contributed by atoms with Gasteiger partial charge in [-0.25, -0.2) is 0 Å². The Morgan fingerprint density at radius 2 is 2.04 bits per heavy atom. The van der Waals surface area contributed by atoms with E-state index >= 15 is 0 Å². The van der Waals surface area contributed by atoms with E-state index in [2.05, 4.69) is 16.7 Å². The lowest BCUT2D eigenvalue weighted by Gasteiger charge is -2.27. The van der Waals surface area contributed by atoms with Crippen molar-refractivity contribution in [1.82, 2.24) is 5.32 Å². The van der Waals surface area contributed by atoms with Crippen molar-refractivity contribution in [2.45, 2.75) is 39.2 Å². The fourth-order valence-electron chi connectivity index (χ4n) is 2.50. The van der Waals surface area contributed by atoms with E-state index in [0.29, 0.717) is 6.42 Å². The molecule has 0 aromatic heterocycles. The molecule has 1 unspecified atom stereocenters. The minimum atomic E-state index is -0.876. The summed E-state index contributed by atoms with van der Waals surface area (Å²) in [7, 11) is 0. The molecule has 2 rings (SSSR count). The first kappa shape index (κ1) is 17.8. The van der Waals surface area contributed by atoms with Gasteiger partial charge in [0.05, 0.1) is 12.6 Å². The van der Waals surface area contributed by atoms with Gasteiger partial charge in [0, 0.05) is 24.3 Å². The maximum Gasteiger partial charge on any atom is 0.240 e. The summed E-state index contributed by atoms with van der Waals surface area (Å²) in [4.78, 5) is 25.5. The van der Waals surface area contributed by atoms with Gasteiger partial charge < -0.3 is 15.5 Å². The predicted octanol–water partition coefficient (Wildman–Crippen LogP) is 2.28. The van der Waals surface area contributed by atoms with Gasteiger partial charge in [-0.1, -0.05) is 13.8 Å². The van der Waals surface area contributed by atoms with E-state index in [0.717, 1.165) is 24.3 Å². The lowest BCUT2D eigenvalue weighted by Crippen LogP contribution is -2.50. The van der Waals surface area contributed by atoms with E-state index < -0.39 is 5.54 Å². The molecule has 0 aliphatic carbocycles. The second kappa shape index (κ2) is 7.35. The summed E-state index contributed by atoms with van der Waals surface area (Å²) in [5.74, 6) is -0.0603. The first-order chi connectivity index (χ1) is 11.4. The molecule has 0 spiro atoms. The van der Waals surface area contributed by atoms with Crippen molar-refractivity contribution in [2.75, 3.05) is 23.3 Å². The molecule has 24 heavy (non-hydrogen) atoms. The number of nitrogens with one attached hydrogen (secondary N) is 2. The zero-order valence-electron chi connectivity index (χ0n) is 14.4. The van der Waals surface area contributed by atoms with Crippen molar-refractivity contribution < 1.29 is 9.59 Å². The highest BCUT2D eigenvalue weighted by molar-refractivity contribution is 5.95. The molecule has 0 bridgehead atoms. The summed E-state index contributed by atoms with van der Waals surface area (Å²) in [6.45, 7) is 6.37. The lowest BCUT2D eigenvalue weighted by molar-refractivity contribution is -0.121. The number of nitrogens with zero attached hydrogens (tertiary/aromatic N) is 2. The number of carbonyl (C=O) groups excluding carboxylic acids is 2. The van der Waals surface area contributed by atoms with Crippen molar-refractivity contribution in [3.63, 3.8) is 0 Å². The molecule has 1 aliphatic rings. The number of hydrogen-bond donors (Lipinski definition) is 2. The van der Waals surface area contributed by atoms with Gasteiger partial charge in [0.15, 0.2) is 0 Å². The second-order valence-electron chi connectivity index (χ2n) is 6.57. The Hall–Kier alpha value is -2.55. The van der Waals surface area contributed by atoms with E-state index in [4.69, 9.17) is 0 Å². The number of hydrogen-bond acceptors (Lipinski definition) is 4. The molecule has 1 aliphatic heterocycles. The standard InChI is InChI=1S/C18H24N4O2/c1-13(2)18(3,12-19)21-16(23)11-20-14-6-8-15(9-7-14)22-10-4-5-17(22)24/h6-9,13,20H,4-5,10-11H2,1-3H3,(H,21,23). The van der Waals surface area contributed by atoms with E-state index in [1.165, 1.54) is 0 Å². The third-order valence-electron chi connectivity index (χ3n) is 4.49. The smallest absolute Gasteiger partial charge is 0.240 e. The van der Waals surface area contributed by atoms with Gasteiger partial charge >= 0.3 is 0 Å². The van der Waals surface area contributed by atoms with E-state index in [1.807, 2.05) is 38.1 Å². The van der Waals surface area contributed by atoms with E-state index in [1.54, 1.807) is 11.8 Å². The molecule has 6 heteroatoms. The Morgan fingerprint density at radius 3 is 2.54 bits per heavy atom. The Morgan fingerprint density at radius 1 is 1.38 bits per heavy atom. The van der Waals surface area contributed by atoms with Crippen LogP contribution in [0.25, 0.3) is 0 Å². The van der Waals surface area contributed by atoms with Crippen LogP contribution in [-0.2, 0) is 9.59 Å². The summed E-state index contributed by atoms with van der Waals surface area (Å²) in [6, 6.07) is 9.59. The largest absolute Gasteiger partial charge is 0.376 e. The molecule has 2 amide bonds. The molecule has 1 atom stereocenters. The molecule has 0 radical (unpaired) electrons. The van der Waals surface area contributed by atoms with Crippen molar-refractivity contribution in [1.29, 1.82) is 5.26 Å². The molecule has 0 saturated carbocycles. The molecule has 1 aromatic carbocycles. The molecule has 1 heterocycles. The van der Waals surface area contributed by atoms with Crippen LogP contribution in [0.2, 0.25) is 0 Å². The van der Waals surface area contributed by atoms with Crippen LogP contribution in [0.5, 0.6) is 0 Å². The summed E-state index contributed by atoms with van der Waals surface area (Å²) in [5.41, 5.74) is 0.798. The van der Waals surface area contributed by atoms with Gasteiger partial charge in [0.2, 0.25) is 11.8 Å². The predicted molar refractivity (Wildman–Crippen MR) is 93.5 cm³/mol. The number of carbonyl (C=O) groups is 2. The highest BCUT2D eigenvalue weighted by Crippen LogP contribution is 2.23. The van der Waals surface area contributed by atoms with Gasteiger partial charge in [-0.15, -0.1) is 0 Å². The van der Waals surface area contributed by atoms with Gasteiger partial charge in [-0.2, -0.15) is 5.26 Å².